The van der Waals surface area contributed by atoms with Crippen molar-refractivity contribution in [3.05, 3.63) is 46.8 Å². The first-order valence-electron chi connectivity index (χ1n) is 7.16. The molecule has 1 fully saturated rings. The number of fused-ring (bicyclic) bond motifs is 1. The van der Waals surface area contributed by atoms with Crippen molar-refractivity contribution in [3.8, 4) is 0 Å². The molecule has 106 valence electrons. The number of hydrogen-bond donors (Lipinski definition) is 0. The van der Waals surface area contributed by atoms with Crippen LogP contribution in [0.4, 0.5) is 0 Å². The highest BCUT2D eigenvalue weighted by Crippen LogP contribution is 2.14. The van der Waals surface area contributed by atoms with E-state index in [1.165, 1.54) is 0 Å². The molecule has 4 nitrogen and oxygen atoms in total. The number of nitrogens with zero attached hydrogens (tertiary/aromatic N) is 1. The second-order valence-electron chi connectivity index (χ2n) is 5.05. The molecule has 1 unspecified atom stereocenters. The molecular formula is C16H19NO3. The van der Waals surface area contributed by atoms with Gasteiger partial charge in [0, 0.05) is 19.2 Å². The van der Waals surface area contributed by atoms with Crippen molar-refractivity contribution in [3.63, 3.8) is 0 Å². The minimum Gasteiger partial charge on any atom is -0.353 e. The van der Waals surface area contributed by atoms with Gasteiger partial charge in [-0.15, -0.1) is 0 Å². The number of aromatic nitrogens is 1. The van der Waals surface area contributed by atoms with E-state index in [0.717, 1.165) is 36.8 Å². The Morgan fingerprint density at radius 2 is 2.10 bits per heavy atom. The molecule has 0 spiro atoms. The zero-order valence-electron chi connectivity index (χ0n) is 11.5. The van der Waals surface area contributed by atoms with Crippen LogP contribution in [-0.4, -0.2) is 24.1 Å². The van der Waals surface area contributed by atoms with Crippen LogP contribution in [0.25, 0.3) is 10.9 Å². The topological polar surface area (TPSA) is 40.5 Å². The fourth-order valence-electron chi connectivity index (χ4n) is 2.59. The standard InChI is InChI=1S/C16H19NO3/c18-15-9-8-13-5-1-2-6-14(13)17(15)10-12-20-16-7-3-4-11-19-16/h1-2,5-6,8-9,16H,3-4,7,10-12H2. The van der Waals surface area contributed by atoms with Crippen LogP contribution in [0.2, 0.25) is 0 Å². The number of pyridine rings is 1. The summed E-state index contributed by atoms with van der Waals surface area (Å²) >= 11 is 0. The molecule has 0 aliphatic carbocycles. The maximum Gasteiger partial charge on any atom is 0.251 e. The summed E-state index contributed by atoms with van der Waals surface area (Å²) in [4.78, 5) is 12.0. The Morgan fingerprint density at radius 1 is 1.20 bits per heavy atom. The van der Waals surface area contributed by atoms with Crippen LogP contribution in [0.3, 0.4) is 0 Å². The third-order valence-corrected chi connectivity index (χ3v) is 3.66. The summed E-state index contributed by atoms with van der Waals surface area (Å²) < 4.78 is 13.0. The predicted octanol–water partition coefficient (Wildman–Crippen LogP) is 2.54. The second kappa shape index (κ2) is 6.20. The van der Waals surface area contributed by atoms with E-state index in [-0.39, 0.29) is 11.8 Å². The molecule has 1 aromatic carbocycles. The zero-order chi connectivity index (χ0) is 13.8. The molecule has 0 N–H and O–H groups in total. The van der Waals surface area contributed by atoms with Gasteiger partial charge in [0.25, 0.3) is 5.56 Å². The Balaban J connectivity index is 1.70. The summed E-state index contributed by atoms with van der Waals surface area (Å²) in [5, 5.41) is 1.07. The number of rotatable bonds is 4. The van der Waals surface area contributed by atoms with Gasteiger partial charge >= 0.3 is 0 Å². The lowest BCUT2D eigenvalue weighted by molar-refractivity contribution is -0.163. The smallest absolute Gasteiger partial charge is 0.251 e. The van der Waals surface area contributed by atoms with Gasteiger partial charge in [-0.2, -0.15) is 0 Å². The monoisotopic (exact) mass is 273 g/mol. The van der Waals surface area contributed by atoms with Crippen LogP contribution < -0.4 is 5.56 Å². The normalized spacial score (nSPS) is 19.3. The van der Waals surface area contributed by atoms with Gasteiger partial charge in [0.1, 0.15) is 0 Å². The highest BCUT2D eigenvalue weighted by Gasteiger charge is 2.13. The van der Waals surface area contributed by atoms with E-state index in [2.05, 4.69) is 0 Å². The lowest BCUT2D eigenvalue weighted by atomic mass is 10.2. The molecule has 2 heterocycles. The molecule has 2 aromatic rings. The molecule has 1 atom stereocenters. The average molecular weight is 273 g/mol. The number of para-hydroxylation sites is 1. The average Bonchev–Trinajstić information content (AvgIpc) is 2.50. The SMILES string of the molecule is O=c1ccc2ccccc2n1CCOC1CCCCO1. The van der Waals surface area contributed by atoms with E-state index in [4.69, 9.17) is 9.47 Å². The van der Waals surface area contributed by atoms with Crippen molar-refractivity contribution in [1.29, 1.82) is 0 Å². The van der Waals surface area contributed by atoms with E-state index in [0.29, 0.717) is 13.2 Å². The minimum atomic E-state index is -0.102. The Bertz CT molecular complexity index is 629. The van der Waals surface area contributed by atoms with Crippen molar-refractivity contribution in [2.45, 2.75) is 32.1 Å². The van der Waals surface area contributed by atoms with Gasteiger partial charge in [0.2, 0.25) is 0 Å². The third-order valence-electron chi connectivity index (χ3n) is 3.66. The molecule has 20 heavy (non-hydrogen) atoms. The van der Waals surface area contributed by atoms with E-state index in [1.807, 2.05) is 30.3 Å². The quantitative estimate of drug-likeness (QED) is 0.859. The van der Waals surface area contributed by atoms with Crippen molar-refractivity contribution in [1.82, 2.24) is 4.57 Å². The highest BCUT2D eigenvalue weighted by atomic mass is 16.7. The summed E-state index contributed by atoms with van der Waals surface area (Å²) in [6.45, 7) is 1.83. The largest absolute Gasteiger partial charge is 0.353 e. The molecule has 0 bridgehead atoms. The van der Waals surface area contributed by atoms with Crippen molar-refractivity contribution in [2.75, 3.05) is 13.2 Å². The Labute approximate surface area is 117 Å². The van der Waals surface area contributed by atoms with Gasteiger partial charge in [0.05, 0.1) is 12.1 Å². The Hall–Kier alpha value is -1.65. The number of hydrogen-bond acceptors (Lipinski definition) is 3. The van der Waals surface area contributed by atoms with Gasteiger partial charge in [-0.05, 0) is 36.8 Å². The molecule has 0 saturated carbocycles. The van der Waals surface area contributed by atoms with Crippen molar-refractivity contribution >= 4 is 10.9 Å². The fraction of sp³-hybridized carbons (Fsp3) is 0.438. The zero-order valence-corrected chi connectivity index (χ0v) is 11.5. The molecule has 1 saturated heterocycles. The van der Waals surface area contributed by atoms with E-state index in [1.54, 1.807) is 10.6 Å². The van der Waals surface area contributed by atoms with Crippen LogP contribution in [0.5, 0.6) is 0 Å². The second-order valence-corrected chi connectivity index (χ2v) is 5.05. The fourth-order valence-corrected chi connectivity index (χ4v) is 2.59. The summed E-state index contributed by atoms with van der Waals surface area (Å²) in [6, 6.07) is 11.4. The van der Waals surface area contributed by atoms with E-state index in [9.17, 15) is 4.79 Å². The summed E-state index contributed by atoms with van der Waals surface area (Å²) in [5.74, 6) is 0. The van der Waals surface area contributed by atoms with Gasteiger partial charge < -0.3 is 14.0 Å². The molecule has 1 aromatic heterocycles. The van der Waals surface area contributed by atoms with Gasteiger partial charge in [0.15, 0.2) is 6.29 Å². The molecule has 0 amide bonds. The lowest BCUT2D eigenvalue weighted by Gasteiger charge is -2.23. The van der Waals surface area contributed by atoms with Crippen molar-refractivity contribution < 1.29 is 9.47 Å². The maximum absolute atomic E-state index is 12.0. The van der Waals surface area contributed by atoms with Crippen LogP contribution in [0.15, 0.2) is 41.2 Å². The molecule has 0 radical (unpaired) electrons. The van der Waals surface area contributed by atoms with Crippen molar-refractivity contribution in [2.24, 2.45) is 0 Å². The highest BCUT2D eigenvalue weighted by molar-refractivity contribution is 5.78. The molecular weight excluding hydrogens is 254 g/mol. The molecule has 3 rings (SSSR count). The minimum absolute atomic E-state index is 0.0110. The molecule has 1 aliphatic rings. The van der Waals surface area contributed by atoms with Gasteiger partial charge in [-0.3, -0.25) is 4.79 Å². The number of ether oxygens (including phenoxy) is 2. The molecule has 4 heteroatoms. The first kappa shape index (κ1) is 13.3. The van der Waals surface area contributed by atoms with Crippen LogP contribution in [-0.2, 0) is 16.0 Å². The Morgan fingerprint density at radius 3 is 2.95 bits per heavy atom. The third kappa shape index (κ3) is 2.92. The van der Waals surface area contributed by atoms with Crippen LogP contribution in [0, 0.1) is 0 Å². The summed E-state index contributed by atoms with van der Waals surface area (Å²) in [7, 11) is 0. The van der Waals surface area contributed by atoms with E-state index >= 15 is 0 Å². The predicted molar refractivity (Wildman–Crippen MR) is 77.8 cm³/mol. The summed E-state index contributed by atoms with van der Waals surface area (Å²) in [5.41, 5.74) is 0.963. The van der Waals surface area contributed by atoms with Gasteiger partial charge in [-0.1, -0.05) is 18.2 Å². The lowest BCUT2D eigenvalue weighted by Crippen LogP contribution is -2.26. The maximum atomic E-state index is 12.0. The Kier molecular flexibility index (Phi) is 4.14. The summed E-state index contributed by atoms with van der Waals surface area (Å²) in [6.07, 6.45) is 3.11. The van der Waals surface area contributed by atoms with Gasteiger partial charge in [-0.25, -0.2) is 0 Å². The van der Waals surface area contributed by atoms with E-state index < -0.39 is 0 Å². The molecule has 1 aliphatic heterocycles. The van der Waals surface area contributed by atoms with Crippen LogP contribution >= 0.6 is 0 Å². The first-order chi connectivity index (χ1) is 9.84. The first-order valence-corrected chi connectivity index (χ1v) is 7.16. The number of benzene rings is 1. The van der Waals surface area contributed by atoms with Crippen LogP contribution in [0.1, 0.15) is 19.3 Å².